The van der Waals surface area contributed by atoms with Gasteiger partial charge in [-0.2, -0.15) is 0 Å². The number of benzene rings is 1. The van der Waals surface area contributed by atoms with E-state index in [4.69, 9.17) is 5.73 Å². The highest BCUT2D eigenvalue weighted by Gasteiger charge is 2.40. The summed E-state index contributed by atoms with van der Waals surface area (Å²) in [6.45, 7) is 0. The molecule has 1 aliphatic rings. The maximum absolute atomic E-state index is 12.4. The van der Waals surface area contributed by atoms with Crippen molar-refractivity contribution in [3.05, 3.63) is 54.2 Å². The fourth-order valence-corrected chi connectivity index (χ4v) is 2.35. The number of carbonyl (C=O) groups is 2. The minimum atomic E-state index is -0.428. The lowest BCUT2D eigenvalue weighted by atomic mass is 9.98. The molecule has 0 radical (unpaired) electrons. The molecule has 2 N–H and O–H groups in total. The Balaban J connectivity index is 1.93. The topological polar surface area (TPSA) is 76.3 Å². The van der Waals surface area contributed by atoms with Crippen LogP contribution >= 0.6 is 0 Å². The molecule has 3 rings (SSSR count). The zero-order valence-electron chi connectivity index (χ0n) is 10.7. The number of nitrogens with two attached hydrogens (primary N) is 1. The van der Waals surface area contributed by atoms with Crippen molar-refractivity contribution in [3.63, 3.8) is 0 Å². The van der Waals surface area contributed by atoms with Gasteiger partial charge >= 0.3 is 0 Å². The molecule has 1 fully saturated rings. The molecule has 1 aromatic heterocycles. The van der Waals surface area contributed by atoms with E-state index in [1.165, 1.54) is 6.20 Å². The highest BCUT2D eigenvalue weighted by atomic mass is 16.2. The third-order valence-corrected chi connectivity index (χ3v) is 3.35. The van der Waals surface area contributed by atoms with Gasteiger partial charge in [0.25, 0.3) is 0 Å². The lowest BCUT2D eigenvalue weighted by Crippen LogP contribution is -2.30. The van der Waals surface area contributed by atoms with Crippen LogP contribution in [0.4, 0.5) is 11.5 Å². The fraction of sp³-hybridized carbons (Fsp3) is 0.133. The third kappa shape index (κ3) is 2.03. The van der Waals surface area contributed by atoms with Gasteiger partial charge in [0.05, 0.1) is 17.8 Å². The van der Waals surface area contributed by atoms with E-state index >= 15 is 0 Å². The van der Waals surface area contributed by atoms with Crippen molar-refractivity contribution in [1.82, 2.24) is 4.98 Å². The molecule has 1 unspecified atom stereocenters. The molecular weight excluding hydrogens is 254 g/mol. The van der Waals surface area contributed by atoms with Crippen LogP contribution in [0.3, 0.4) is 0 Å². The van der Waals surface area contributed by atoms with E-state index in [-0.39, 0.29) is 18.2 Å². The number of rotatable bonds is 2. The Kier molecular flexibility index (Phi) is 2.95. The predicted octanol–water partition coefficient (Wildman–Crippen LogP) is 1.71. The molecule has 0 saturated carbocycles. The number of aromatic nitrogens is 1. The summed E-state index contributed by atoms with van der Waals surface area (Å²) in [7, 11) is 0. The van der Waals surface area contributed by atoms with Gasteiger partial charge in [0.1, 0.15) is 5.82 Å². The zero-order valence-corrected chi connectivity index (χ0v) is 10.7. The average Bonchev–Trinajstić information content (AvgIpc) is 2.76. The second-order valence-electron chi connectivity index (χ2n) is 4.68. The summed E-state index contributed by atoms with van der Waals surface area (Å²) in [5.74, 6) is -0.574. The quantitative estimate of drug-likeness (QED) is 0.840. The second-order valence-corrected chi connectivity index (χ2v) is 4.68. The van der Waals surface area contributed by atoms with Gasteiger partial charge in [-0.15, -0.1) is 0 Å². The number of nitrogens with zero attached hydrogens (tertiary/aromatic N) is 2. The summed E-state index contributed by atoms with van der Waals surface area (Å²) in [5, 5.41) is 0. The normalized spacial score (nSPS) is 18.6. The number of pyridine rings is 1. The van der Waals surface area contributed by atoms with Crippen molar-refractivity contribution in [2.45, 2.75) is 12.3 Å². The molecular formula is C15H13N3O2. The maximum Gasteiger partial charge on any atom is 0.243 e. The highest BCUT2D eigenvalue weighted by Crippen LogP contribution is 2.32. The molecule has 1 aliphatic heterocycles. The van der Waals surface area contributed by atoms with E-state index in [1.807, 2.05) is 30.3 Å². The number of hydrogen-bond acceptors (Lipinski definition) is 4. The van der Waals surface area contributed by atoms with E-state index in [9.17, 15) is 9.59 Å². The highest BCUT2D eigenvalue weighted by molar-refractivity contribution is 6.22. The Bertz CT molecular complexity index is 653. The summed E-state index contributed by atoms with van der Waals surface area (Å²) in [4.78, 5) is 29.7. The monoisotopic (exact) mass is 267 g/mol. The van der Waals surface area contributed by atoms with Crippen LogP contribution in [0.15, 0.2) is 48.7 Å². The van der Waals surface area contributed by atoms with Gasteiger partial charge < -0.3 is 5.73 Å². The number of amides is 2. The Morgan fingerprint density at radius 1 is 1.10 bits per heavy atom. The summed E-state index contributed by atoms with van der Waals surface area (Å²) < 4.78 is 0. The number of carbonyl (C=O) groups excluding carboxylic acids is 2. The number of hydrogen-bond donors (Lipinski definition) is 1. The summed E-state index contributed by atoms with van der Waals surface area (Å²) in [6, 6.07) is 12.5. The number of nitrogen functional groups attached to an aromatic ring is 1. The van der Waals surface area contributed by atoms with E-state index in [0.29, 0.717) is 11.5 Å². The lowest BCUT2D eigenvalue weighted by Gasteiger charge is -2.14. The Morgan fingerprint density at radius 3 is 2.50 bits per heavy atom. The Labute approximate surface area is 116 Å². The van der Waals surface area contributed by atoms with Crippen molar-refractivity contribution in [3.8, 4) is 0 Å². The van der Waals surface area contributed by atoms with Crippen molar-refractivity contribution >= 4 is 23.3 Å². The molecule has 5 heteroatoms. The predicted molar refractivity (Wildman–Crippen MR) is 74.9 cm³/mol. The third-order valence-electron chi connectivity index (χ3n) is 3.35. The van der Waals surface area contributed by atoms with Gasteiger partial charge in [-0.25, -0.2) is 9.88 Å². The molecule has 1 atom stereocenters. The van der Waals surface area contributed by atoms with Crippen molar-refractivity contribution in [1.29, 1.82) is 0 Å². The molecule has 0 bridgehead atoms. The van der Waals surface area contributed by atoms with E-state index in [1.54, 1.807) is 12.1 Å². The fourth-order valence-electron chi connectivity index (χ4n) is 2.35. The number of imide groups is 1. The SMILES string of the molecule is Nc1ccc(N2C(=O)CC(c3ccccc3)C2=O)nc1. The molecule has 1 aromatic carbocycles. The molecule has 5 nitrogen and oxygen atoms in total. The van der Waals surface area contributed by atoms with Crippen molar-refractivity contribution in [2.75, 3.05) is 10.6 Å². The maximum atomic E-state index is 12.4. The molecule has 20 heavy (non-hydrogen) atoms. The first-order valence-corrected chi connectivity index (χ1v) is 6.30. The molecule has 0 aliphatic carbocycles. The average molecular weight is 267 g/mol. The molecule has 2 heterocycles. The van der Waals surface area contributed by atoms with Gasteiger partial charge in [-0.1, -0.05) is 30.3 Å². The minimum Gasteiger partial charge on any atom is -0.397 e. The standard InChI is InChI=1S/C15H13N3O2/c16-11-6-7-13(17-9-11)18-14(19)8-12(15(18)20)10-4-2-1-3-5-10/h1-7,9,12H,8,16H2. The zero-order chi connectivity index (χ0) is 14.1. The first-order chi connectivity index (χ1) is 9.66. The van der Waals surface area contributed by atoms with Gasteiger partial charge in [0, 0.05) is 6.42 Å². The molecule has 100 valence electrons. The minimum absolute atomic E-state index is 0.175. The first kappa shape index (κ1) is 12.3. The molecule has 0 spiro atoms. The van der Waals surface area contributed by atoms with E-state index < -0.39 is 5.92 Å². The second kappa shape index (κ2) is 4.77. The first-order valence-electron chi connectivity index (χ1n) is 6.30. The number of anilines is 2. The smallest absolute Gasteiger partial charge is 0.243 e. The molecule has 1 saturated heterocycles. The van der Waals surface area contributed by atoms with Crippen LogP contribution in [0.25, 0.3) is 0 Å². The van der Waals surface area contributed by atoms with Crippen LogP contribution < -0.4 is 10.6 Å². The Hall–Kier alpha value is -2.69. The largest absolute Gasteiger partial charge is 0.397 e. The van der Waals surface area contributed by atoms with Crippen LogP contribution in [-0.4, -0.2) is 16.8 Å². The molecule has 2 aromatic rings. The van der Waals surface area contributed by atoms with Gasteiger partial charge in [0.15, 0.2) is 0 Å². The molecule has 2 amide bonds. The van der Waals surface area contributed by atoms with Crippen LogP contribution in [0.2, 0.25) is 0 Å². The Morgan fingerprint density at radius 2 is 1.85 bits per heavy atom. The van der Waals surface area contributed by atoms with Crippen LogP contribution in [0.5, 0.6) is 0 Å². The van der Waals surface area contributed by atoms with Gasteiger partial charge in [0.2, 0.25) is 11.8 Å². The van der Waals surface area contributed by atoms with Crippen LogP contribution in [0.1, 0.15) is 17.9 Å². The van der Waals surface area contributed by atoms with Gasteiger partial charge in [-0.05, 0) is 17.7 Å². The lowest BCUT2D eigenvalue weighted by molar-refractivity contribution is -0.121. The summed E-state index contributed by atoms with van der Waals surface area (Å²) in [5.41, 5.74) is 6.91. The summed E-state index contributed by atoms with van der Waals surface area (Å²) >= 11 is 0. The van der Waals surface area contributed by atoms with Crippen molar-refractivity contribution in [2.24, 2.45) is 0 Å². The van der Waals surface area contributed by atoms with Crippen molar-refractivity contribution < 1.29 is 9.59 Å². The van der Waals surface area contributed by atoms with Crippen LogP contribution in [0, 0.1) is 0 Å². The van der Waals surface area contributed by atoms with E-state index in [2.05, 4.69) is 4.98 Å². The van der Waals surface area contributed by atoms with E-state index in [0.717, 1.165) is 10.5 Å². The van der Waals surface area contributed by atoms with Gasteiger partial charge in [-0.3, -0.25) is 9.59 Å². The summed E-state index contributed by atoms with van der Waals surface area (Å²) in [6.07, 6.45) is 1.61. The van der Waals surface area contributed by atoms with Crippen LogP contribution in [-0.2, 0) is 9.59 Å².